The van der Waals surface area contributed by atoms with Gasteiger partial charge in [0.15, 0.2) is 0 Å². The molecule has 33 heavy (non-hydrogen) atoms. The highest BCUT2D eigenvalue weighted by Crippen LogP contribution is 2.23. The first-order valence-electron chi connectivity index (χ1n) is 10.3. The van der Waals surface area contributed by atoms with Gasteiger partial charge in [0.05, 0.1) is 9.92 Å². The molecule has 1 fully saturated rings. The lowest BCUT2D eigenvalue weighted by Gasteiger charge is -2.36. The van der Waals surface area contributed by atoms with Gasteiger partial charge in [-0.3, -0.25) is 9.59 Å². The molecule has 2 aromatic rings. The third-order valence-corrected chi connectivity index (χ3v) is 7.59. The van der Waals surface area contributed by atoms with Crippen LogP contribution in [0.5, 0.6) is 0 Å². The van der Waals surface area contributed by atoms with E-state index in [0.717, 1.165) is 30.3 Å². The highest BCUT2D eigenvalue weighted by molar-refractivity contribution is 7.89. The minimum Gasteiger partial charge on any atom is -0.340 e. The quantitative estimate of drug-likeness (QED) is 0.662. The van der Waals surface area contributed by atoms with E-state index in [-0.39, 0.29) is 53.5 Å². The van der Waals surface area contributed by atoms with Gasteiger partial charge in [-0.25, -0.2) is 17.2 Å². The van der Waals surface area contributed by atoms with Crippen LogP contribution in [0.3, 0.4) is 0 Å². The molecule has 7 nitrogen and oxygen atoms in total. The summed E-state index contributed by atoms with van der Waals surface area (Å²) in [6, 6.07) is 7.35. The molecule has 1 unspecified atom stereocenters. The van der Waals surface area contributed by atoms with Crippen molar-refractivity contribution < 1.29 is 26.8 Å². The normalized spacial score (nSPS) is 16.0. The van der Waals surface area contributed by atoms with Gasteiger partial charge in [0.1, 0.15) is 17.7 Å². The minimum atomic E-state index is -3.90. The fourth-order valence-corrected chi connectivity index (χ4v) is 5.17. The van der Waals surface area contributed by atoms with Gasteiger partial charge < -0.3 is 10.2 Å². The molecular formula is C22H24ClF2N3O4S. The second-order valence-electron chi connectivity index (χ2n) is 8.01. The molecule has 1 aliphatic heterocycles. The molecular weight excluding hydrogens is 476 g/mol. The van der Waals surface area contributed by atoms with E-state index < -0.39 is 33.6 Å². The van der Waals surface area contributed by atoms with Crippen LogP contribution < -0.4 is 5.32 Å². The monoisotopic (exact) mass is 499 g/mol. The Hall–Kier alpha value is -2.56. The Bertz CT molecular complexity index is 1130. The summed E-state index contributed by atoms with van der Waals surface area (Å²) < 4.78 is 53.4. The zero-order chi connectivity index (χ0) is 24.3. The summed E-state index contributed by atoms with van der Waals surface area (Å²) in [7, 11) is -3.90. The SMILES string of the molecule is CC(C)C(NC(=O)c1ccc(F)cc1)C(=O)N1CCN(S(=O)(=O)c2ccc(F)c(Cl)c2)CC1. The number of sulfonamides is 1. The molecule has 1 atom stereocenters. The fraction of sp³-hybridized carbons (Fsp3) is 0.364. The zero-order valence-electron chi connectivity index (χ0n) is 18.1. The molecule has 0 saturated carbocycles. The van der Waals surface area contributed by atoms with E-state index >= 15 is 0 Å². The van der Waals surface area contributed by atoms with Crippen molar-refractivity contribution in [3.05, 3.63) is 64.7 Å². The van der Waals surface area contributed by atoms with Crippen LogP contribution in [0, 0.1) is 17.6 Å². The van der Waals surface area contributed by atoms with Crippen LogP contribution >= 0.6 is 11.6 Å². The average molecular weight is 500 g/mol. The summed E-state index contributed by atoms with van der Waals surface area (Å²) in [6.07, 6.45) is 0. The molecule has 0 spiro atoms. The summed E-state index contributed by atoms with van der Waals surface area (Å²) in [6.45, 7) is 3.91. The van der Waals surface area contributed by atoms with Crippen LogP contribution in [0.1, 0.15) is 24.2 Å². The smallest absolute Gasteiger partial charge is 0.251 e. The first kappa shape index (κ1) is 25.1. The maximum Gasteiger partial charge on any atom is 0.251 e. The zero-order valence-corrected chi connectivity index (χ0v) is 19.7. The van der Waals surface area contributed by atoms with Gasteiger partial charge in [0.2, 0.25) is 15.9 Å². The topological polar surface area (TPSA) is 86.8 Å². The average Bonchev–Trinajstić information content (AvgIpc) is 2.79. The number of nitrogens with zero attached hydrogens (tertiary/aromatic N) is 2. The summed E-state index contributed by atoms with van der Waals surface area (Å²) in [5.41, 5.74) is 0.226. The summed E-state index contributed by atoms with van der Waals surface area (Å²) in [5.74, 6) is -2.25. The number of amides is 2. The third kappa shape index (κ3) is 5.69. The van der Waals surface area contributed by atoms with Crippen molar-refractivity contribution in [3.8, 4) is 0 Å². The number of benzene rings is 2. The van der Waals surface area contributed by atoms with E-state index in [0.29, 0.717) is 0 Å². The number of halogens is 3. The van der Waals surface area contributed by atoms with E-state index in [1.807, 2.05) is 0 Å². The van der Waals surface area contributed by atoms with Gasteiger partial charge in [0.25, 0.3) is 5.91 Å². The number of piperazine rings is 1. The predicted molar refractivity (Wildman–Crippen MR) is 119 cm³/mol. The second kappa shape index (κ2) is 10.1. The van der Waals surface area contributed by atoms with Gasteiger partial charge in [-0.1, -0.05) is 25.4 Å². The standard InChI is InChI=1S/C22H24ClF2N3O4S/c1-14(2)20(26-21(29)15-3-5-16(24)6-4-15)22(30)27-9-11-28(12-10-27)33(31,32)17-7-8-19(25)18(23)13-17/h3-8,13-14,20H,9-12H2,1-2H3,(H,26,29). The molecule has 2 aromatic carbocycles. The second-order valence-corrected chi connectivity index (χ2v) is 10.4. The molecule has 0 bridgehead atoms. The summed E-state index contributed by atoms with van der Waals surface area (Å²) >= 11 is 5.72. The van der Waals surface area contributed by atoms with Crippen molar-refractivity contribution in [3.63, 3.8) is 0 Å². The molecule has 3 rings (SSSR count). The largest absolute Gasteiger partial charge is 0.340 e. The number of hydrogen-bond acceptors (Lipinski definition) is 4. The van der Waals surface area contributed by atoms with Crippen LogP contribution in [0.15, 0.2) is 47.4 Å². The van der Waals surface area contributed by atoms with Crippen LogP contribution in [0.25, 0.3) is 0 Å². The molecule has 1 saturated heterocycles. The summed E-state index contributed by atoms with van der Waals surface area (Å²) in [5, 5.41) is 2.40. The highest BCUT2D eigenvalue weighted by Gasteiger charge is 2.34. The number of carbonyl (C=O) groups excluding carboxylic acids is 2. The van der Waals surface area contributed by atoms with Crippen LogP contribution in [0.2, 0.25) is 5.02 Å². The molecule has 0 aromatic heterocycles. The van der Waals surface area contributed by atoms with Crippen LogP contribution in [-0.2, 0) is 14.8 Å². The number of rotatable bonds is 6. The Kier molecular flexibility index (Phi) is 7.71. The van der Waals surface area contributed by atoms with E-state index in [4.69, 9.17) is 11.6 Å². The van der Waals surface area contributed by atoms with Gasteiger partial charge in [-0.05, 0) is 48.4 Å². The van der Waals surface area contributed by atoms with Crippen molar-refractivity contribution in [1.82, 2.24) is 14.5 Å². The van der Waals surface area contributed by atoms with Crippen LogP contribution in [0.4, 0.5) is 8.78 Å². The Labute approximate surface area is 196 Å². The predicted octanol–water partition coefficient (Wildman–Crippen LogP) is 2.91. The molecule has 1 N–H and O–H groups in total. The van der Waals surface area contributed by atoms with Crippen molar-refractivity contribution >= 4 is 33.4 Å². The Morgan fingerprint density at radius 2 is 1.61 bits per heavy atom. The van der Waals surface area contributed by atoms with E-state index in [9.17, 15) is 26.8 Å². The highest BCUT2D eigenvalue weighted by atomic mass is 35.5. The molecule has 1 aliphatic rings. The molecule has 11 heteroatoms. The lowest BCUT2D eigenvalue weighted by atomic mass is 10.0. The van der Waals surface area contributed by atoms with Crippen molar-refractivity contribution in [1.29, 1.82) is 0 Å². The summed E-state index contributed by atoms with van der Waals surface area (Å²) in [4.78, 5) is 27.0. The van der Waals surface area contributed by atoms with Gasteiger partial charge in [-0.15, -0.1) is 0 Å². The molecule has 1 heterocycles. The van der Waals surface area contributed by atoms with Gasteiger partial charge in [-0.2, -0.15) is 4.31 Å². The Morgan fingerprint density at radius 3 is 2.15 bits per heavy atom. The van der Waals surface area contributed by atoms with Gasteiger partial charge >= 0.3 is 0 Å². The van der Waals surface area contributed by atoms with Crippen molar-refractivity contribution in [2.45, 2.75) is 24.8 Å². The first-order chi connectivity index (χ1) is 15.5. The van der Waals surface area contributed by atoms with E-state index in [1.54, 1.807) is 13.8 Å². The lowest BCUT2D eigenvalue weighted by molar-refractivity contribution is -0.135. The molecule has 2 amide bonds. The van der Waals surface area contributed by atoms with E-state index in [1.165, 1.54) is 21.3 Å². The molecule has 0 radical (unpaired) electrons. The van der Waals surface area contributed by atoms with Gasteiger partial charge in [0, 0.05) is 31.7 Å². The fourth-order valence-electron chi connectivity index (χ4n) is 3.47. The van der Waals surface area contributed by atoms with Crippen molar-refractivity contribution in [2.24, 2.45) is 5.92 Å². The minimum absolute atomic E-state index is 0.0415. The van der Waals surface area contributed by atoms with Crippen molar-refractivity contribution in [2.75, 3.05) is 26.2 Å². The molecule has 0 aliphatic carbocycles. The maximum absolute atomic E-state index is 13.4. The Balaban J connectivity index is 1.66. The van der Waals surface area contributed by atoms with E-state index in [2.05, 4.69) is 5.32 Å². The first-order valence-corrected chi connectivity index (χ1v) is 12.1. The number of carbonyl (C=O) groups is 2. The van der Waals surface area contributed by atoms with Crippen LogP contribution in [-0.4, -0.2) is 61.7 Å². The number of hydrogen-bond donors (Lipinski definition) is 1. The number of nitrogens with one attached hydrogen (secondary N) is 1. The lowest BCUT2D eigenvalue weighted by Crippen LogP contribution is -2.57. The molecule has 178 valence electrons. The Morgan fingerprint density at radius 1 is 1.00 bits per heavy atom. The maximum atomic E-state index is 13.4. The third-order valence-electron chi connectivity index (χ3n) is 5.40.